The number of nitrogens with one attached hydrogen (secondary N) is 3. The van der Waals surface area contributed by atoms with Gasteiger partial charge in [-0.3, -0.25) is 19.4 Å². The van der Waals surface area contributed by atoms with Crippen molar-refractivity contribution >= 4 is 41.4 Å². The molecule has 13 nitrogen and oxygen atoms in total. The SMILES string of the molecule is CSCCC(NC(=O)C(CCCN=C(N)N)NC(=O)C(CCCCN)NC(=O)C(N)CC(C)C)C(=O)O. The Hall–Kier alpha value is -2.58. The molecule has 4 unspecified atom stereocenters. The standard InChI is InChI=1S/C23H46N8O5S/c1-14(2)13-15(25)19(32)29-16(7-4-5-10-24)20(33)30-17(8-6-11-28-23(26)27)21(34)31-18(22(35)36)9-12-37-3/h14-18H,4-13,24-25H2,1-3H3,(H,29,32)(H,30,33)(H,31,34)(H,35,36)(H4,26,27,28). The Morgan fingerprint density at radius 3 is 1.89 bits per heavy atom. The highest BCUT2D eigenvalue weighted by atomic mass is 32.2. The Morgan fingerprint density at radius 2 is 1.41 bits per heavy atom. The van der Waals surface area contributed by atoms with Gasteiger partial charge in [0.2, 0.25) is 17.7 Å². The Kier molecular flexibility index (Phi) is 18.2. The van der Waals surface area contributed by atoms with Crippen LogP contribution in [0.25, 0.3) is 0 Å². The lowest BCUT2D eigenvalue weighted by atomic mass is 10.0. The largest absolute Gasteiger partial charge is 0.480 e. The summed E-state index contributed by atoms with van der Waals surface area (Å²) >= 11 is 1.46. The van der Waals surface area contributed by atoms with Gasteiger partial charge in [0, 0.05) is 6.54 Å². The van der Waals surface area contributed by atoms with Crippen molar-refractivity contribution in [1.82, 2.24) is 16.0 Å². The molecule has 0 aromatic heterocycles. The van der Waals surface area contributed by atoms with Gasteiger partial charge in [-0.05, 0) is 69.4 Å². The highest BCUT2D eigenvalue weighted by Crippen LogP contribution is 2.08. The molecule has 0 aliphatic heterocycles. The van der Waals surface area contributed by atoms with Gasteiger partial charge in [0.05, 0.1) is 6.04 Å². The number of hydrogen-bond donors (Lipinski definition) is 8. The number of carbonyl (C=O) groups excluding carboxylic acids is 3. The second kappa shape index (κ2) is 19.5. The molecule has 12 N–H and O–H groups in total. The Bertz CT molecular complexity index is 749. The van der Waals surface area contributed by atoms with Crippen LogP contribution in [0.5, 0.6) is 0 Å². The van der Waals surface area contributed by atoms with Crippen molar-refractivity contribution in [1.29, 1.82) is 0 Å². The molecule has 0 aliphatic carbocycles. The molecular formula is C23H46N8O5S. The van der Waals surface area contributed by atoms with Crippen LogP contribution in [0.1, 0.15) is 58.8 Å². The first kappa shape index (κ1) is 34.4. The van der Waals surface area contributed by atoms with Gasteiger partial charge in [-0.1, -0.05) is 13.8 Å². The van der Waals surface area contributed by atoms with Gasteiger partial charge in [0.15, 0.2) is 5.96 Å². The van der Waals surface area contributed by atoms with E-state index in [1.54, 1.807) is 0 Å². The predicted molar refractivity (Wildman–Crippen MR) is 147 cm³/mol. The molecule has 0 aliphatic rings. The molecule has 0 heterocycles. The number of carboxylic acid groups (broad SMARTS) is 1. The predicted octanol–water partition coefficient (Wildman–Crippen LogP) is -1.17. The third-order valence-corrected chi connectivity index (χ3v) is 6.09. The highest BCUT2D eigenvalue weighted by Gasteiger charge is 2.30. The van der Waals surface area contributed by atoms with Crippen molar-refractivity contribution in [2.24, 2.45) is 33.8 Å². The van der Waals surface area contributed by atoms with Crippen molar-refractivity contribution in [3.8, 4) is 0 Å². The Balaban J connectivity index is 5.61. The zero-order chi connectivity index (χ0) is 28.4. The van der Waals surface area contributed by atoms with Crippen molar-refractivity contribution in [2.75, 3.05) is 25.1 Å². The zero-order valence-corrected chi connectivity index (χ0v) is 23.0. The fraction of sp³-hybridized carbons (Fsp3) is 0.783. The molecule has 0 aromatic carbocycles. The van der Waals surface area contributed by atoms with Crippen LogP contribution in [-0.4, -0.2) is 84.0 Å². The van der Waals surface area contributed by atoms with E-state index >= 15 is 0 Å². The second-order valence-electron chi connectivity index (χ2n) is 9.27. The Morgan fingerprint density at radius 1 is 0.865 bits per heavy atom. The molecule has 14 heteroatoms. The van der Waals surface area contributed by atoms with Crippen molar-refractivity contribution in [3.05, 3.63) is 0 Å². The number of carboxylic acids is 1. The monoisotopic (exact) mass is 546 g/mol. The average Bonchev–Trinajstić information content (AvgIpc) is 2.81. The van der Waals surface area contributed by atoms with Gasteiger partial charge >= 0.3 is 5.97 Å². The number of nitrogens with two attached hydrogens (primary N) is 4. The highest BCUT2D eigenvalue weighted by molar-refractivity contribution is 7.98. The van der Waals surface area contributed by atoms with E-state index in [1.165, 1.54) is 11.8 Å². The quantitative estimate of drug-likeness (QED) is 0.0517. The van der Waals surface area contributed by atoms with Crippen LogP contribution >= 0.6 is 11.8 Å². The van der Waals surface area contributed by atoms with Crippen LogP contribution in [0.3, 0.4) is 0 Å². The molecule has 214 valence electrons. The van der Waals surface area contributed by atoms with Crippen LogP contribution in [0.2, 0.25) is 0 Å². The fourth-order valence-corrected chi connectivity index (χ4v) is 3.94. The first-order valence-electron chi connectivity index (χ1n) is 12.6. The minimum Gasteiger partial charge on any atom is -0.480 e. The normalized spacial score (nSPS) is 14.2. The second-order valence-corrected chi connectivity index (χ2v) is 10.3. The van der Waals surface area contributed by atoms with Crippen LogP contribution < -0.4 is 38.9 Å². The maximum atomic E-state index is 13.2. The fourth-order valence-electron chi connectivity index (χ4n) is 3.47. The number of thioether (sulfide) groups is 1. The number of aliphatic imine (C=N–C) groups is 1. The van der Waals surface area contributed by atoms with Crippen molar-refractivity contribution in [3.63, 3.8) is 0 Å². The summed E-state index contributed by atoms with van der Waals surface area (Å²) in [6.07, 6.45) is 4.54. The van der Waals surface area contributed by atoms with Gasteiger partial charge in [-0.25, -0.2) is 4.79 Å². The maximum absolute atomic E-state index is 13.2. The van der Waals surface area contributed by atoms with Crippen molar-refractivity contribution < 1.29 is 24.3 Å². The third kappa shape index (κ3) is 16.0. The smallest absolute Gasteiger partial charge is 0.326 e. The number of unbranched alkanes of at least 4 members (excludes halogenated alkanes) is 1. The van der Waals surface area contributed by atoms with E-state index in [0.29, 0.717) is 44.4 Å². The number of carbonyl (C=O) groups is 4. The van der Waals surface area contributed by atoms with Crippen LogP contribution in [0.4, 0.5) is 0 Å². The molecule has 0 saturated heterocycles. The topological polar surface area (TPSA) is 241 Å². The molecule has 3 amide bonds. The number of rotatable bonds is 20. The van der Waals surface area contributed by atoms with Crippen molar-refractivity contribution in [2.45, 2.75) is 83.0 Å². The minimum absolute atomic E-state index is 0.103. The molecule has 0 rings (SSSR count). The summed E-state index contributed by atoms with van der Waals surface area (Å²) in [7, 11) is 0. The van der Waals surface area contributed by atoms with Gasteiger partial charge in [0.25, 0.3) is 0 Å². The third-order valence-electron chi connectivity index (χ3n) is 5.45. The van der Waals surface area contributed by atoms with Gasteiger partial charge in [0.1, 0.15) is 18.1 Å². The van der Waals surface area contributed by atoms with E-state index in [-0.39, 0.29) is 31.3 Å². The van der Waals surface area contributed by atoms with Gasteiger partial charge in [-0.15, -0.1) is 0 Å². The lowest BCUT2D eigenvalue weighted by molar-refractivity contribution is -0.142. The number of hydrogen-bond acceptors (Lipinski definition) is 8. The van der Waals surface area contributed by atoms with E-state index in [0.717, 1.165) is 0 Å². The van der Waals surface area contributed by atoms with Gasteiger partial charge in [-0.2, -0.15) is 11.8 Å². The molecule has 0 saturated carbocycles. The molecule has 0 fully saturated rings. The molecule has 0 bridgehead atoms. The zero-order valence-electron chi connectivity index (χ0n) is 22.2. The van der Waals surface area contributed by atoms with E-state index < -0.39 is 47.9 Å². The number of guanidine groups is 1. The van der Waals surface area contributed by atoms with Crippen LogP contribution in [-0.2, 0) is 19.2 Å². The molecule has 4 atom stereocenters. The van der Waals surface area contributed by atoms with E-state index in [2.05, 4.69) is 20.9 Å². The summed E-state index contributed by atoms with van der Waals surface area (Å²) < 4.78 is 0. The van der Waals surface area contributed by atoms with E-state index in [9.17, 15) is 24.3 Å². The lowest BCUT2D eigenvalue weighted by Crippen LogP contribution is -2.57. The molecule has 0 aromatic rings. The summed E-state index contributed by atoms with van der Waals surface area (Å²) in [6.45, 7) is 4.52. The first-order valence-corrected chi connectivity index (χ1v) is 14.0. The number of amides is 3. The molecule has 0 radical (unpaired) electrons. The molecule has 37 heavy (non-hydrogen) atoms. The summed E-state index contributed by atoms with van der Waals surface area (Å²) in [5, 5.41) is 17.4. The molecule has 0 spiro atoms. The van der Waals surface area contributed by atoms with Gasteiger partial charge < -0.3 is 44.0 Å². The van der Waals surface area contributed by atoms with E-state index in [1.807, 2.05) is 20.1 Å². The average molecular weight is 547 g/mol. The maximum Gasteiger partial charge on any atom is 0.326 e. The summed E-state index contributed by atoms with van der Waals surface area (Å²) in [4.78, 5) is 54.3. The first-order chi connectivity index (χ1) is 17.4. The lowest BCUT2D eigenvalue weighted by Gasteiger charge is -2.25. The van der Waals surface area contributed by atoms with Crippen LogP contribution in [0.15, 0.2) is 4.99 Å². The summed E-state index contributed by atoms with van der Waals surface area (Å²) in [6, 6.07) is -3.88. The number of aliphatic carboxylic acids is 1. The number of nitrogens with zero attached hydrogens (tertiary/aromatic N) is 1. The van der Waals surface area contributed by atoms with E-state index in [4.69, 9.17) is 22.9 Å². The summed E-state index contributed by atoms with van der Waals surface area (Å²) in [5.41, 5.74) is 22.2. The molecular weight excluding hydrogens is 500 g/mol. The van der Waals surface area contributed by atoms with Crippen LogP contribution in [0, 0.1) is 5.92 Å². The Labute approximate surface area is 223 Å². The minimum atomic E-state index is -1.17. The summed E-state index contributed by atoms with van der Waals surface area (Å²) in [5.74, 6) is -2.22.